The fraction of sp³-hybridized carbons (Fsp3) is 0.156. The van der Waals surface area contributed by atoms with Crippen LogP contribution in [0, 0.1) is 24.5 Å². The first-order chi connectivity index (χ1) is 19.3. The molecule has 4 aromatic rings. The maximum atomic E-state index is 15.6. The largest absolute Gasteiger partial charge is 0.478 e. The number of likely N-dealkylation sites (tertiary alicyclic amines) is 1. The number of carboxylic acids is 1. The maximum Gasteiger partial charge on any atom is 0.336 e. The van der Waals surface area contributed by atoms with Gasteiger partial charge in [-0.1, -0.05) is 54.6 Å². The number of nitrogens with one attached hydrogen (secondary N) is 1. The van der Waals surface area contributed by atoms with Crippen LogP contribution in [0.4, 0.5) is 25.8 Å². The van der Waals surface area contributed by atoms with Gasteiger partial charge in [0.25, 0.3) is 0 Å². The average molecular weight is 540 g/mol. The molecule has 0 spiro atoms. The van der Waals surface area contributed by atoms with Gasteiger partial charge >= 0.3 is 5.97 Å². The van der Waals surface area contributed by atoms with Crippen LogP contribution in [0.1, 0.15) is 21.5 Å². The van der Waals surface area contributed by atoms with E-state index in [-0.39, 0.29) is 28.4 Å². The number of aromatic carboxylic acids is 1. The summed E-state index contributed by atoms with van der Waals surface area (Å²) in [6.45, 7) is 7.48. The number of hydrogen-bond donors (Lipinski definition) is 2. The van der Waals surface area contributed by atoms with Crippen molar-refractivity contribution in [1.82, 2.24) is 4.90 Å². The monoisotopic (exact) mass is 539 g/mol. The second-order valence-corrected chi connectivity index (χ2v) is 9.93. The average Bonchev–Trinajstić information content (AvgIpc) is 2.92. The van der Waals surface area contributed by atoms with Gasteiger partial charge in [-0.25, -0.2) is 13.6 Å². The highest BCUT2D eigenvalue weighted by Crippen LogP contribution is 2.39. The molecule has 1 heterocycles. The summed E-state index contributed by atoms with van der Waals surface area (Å²) >= 11 is 0. The number of carbonyl (C=O) groups excluding carboxylic acids is 1. The van der Waals surface area contributed by atoms with Crippen LogP contribution in [0.5, 0.6) is 0 Å². The molecular formula is C32H27F2N3O3. The molecule has 40 heavy (non-hydrogen) atoms. The first-order valence-electron chi connectivity index (χ1n) is 12.7. The smallest absolute Gasteiger partial charge is 0.336 e. The lowest BCUT2D eigenvalue weighted by Crippen LogP contribution is -2.46. The van der Waals surface area contributed by atoms with Crippen LogP contribution in [-0.4, -0.2) is 42.1 Å². The van der Waals surface area contributed by atoms with E-state index in [0.29, 0.717) is 16.8 Å². The Hall–Kier alpha value is -4.69. The predicted molar refractivity (Wildman–Crippen MR) is 153 cm³/mol. The standard InChI is InChI=1S/C32H27F2N3O3/c1-19-3-12-25(13-26(19)32(39)40)36-28-14-27(33)29(30(34)31(28)35-2)24-10-8-23(9-11-24)22-6-4-20(5-7-22)15-37-16-21(17-37)18-38/h3-14,18,21,36H,2,15-17H2,1H3,(H,39,40). The molecule has 1 aliphatic heterocycles. The molecule has 8 heteroatoms. The molecule has 0 radical (unpaired) electrons. The molecular weight excluding hydrogens is 512 g/mol. The van der Waals surface area contributed by atoms with E-state index in [2.05, 4.69) is 21.9 Å². The number of halogens is 2. The lowest BCUT2D eigenvalue weighted by molar-refractivity contribution is -0.115. The molecule has 4 aromatic carbocycles. The van der Waals surface area contributed by atoms with Crippen molar-refractivity contribution >= 4 is 36.0 Å². The molecule has 2 N–H and O–H groups in total. The van der Waals surface area contributed by atoms with Crippen LogP contribution >= 0.6 is 0 Å². The molecule has 0 saturated carbocycles. The molecule has 0 bridgehead atoms. The normalized spacial score (nSPS) is 13.5. The number of rotatable bonds is 9. The second-order valence-electron chi connectivity index (χ2n) is 9.93. The molecule has 1 aliphatic rings. The summed E-state index contributed by atoms with van der Waals surface area (Å²) in [5.74, 6) is -2.63. The van der Waals surface area contributed by atoms with Crippen LogP contribution in [0.2, 0.25) is 0 Å². The fourth-order valence-corrected chi connectivity index (χ4v) is 4.92. The number of aldehydes is 1. The Morgan fingerprint density at radius 2 is 1.65 bits per heavy atom. The summed E-state index contributed by atoms with van der Waals surface area (Å²) in [5, 5.41) is 12.3. The van der Waals surface area contributed by atoms with Gasteiger partial charge in [0.2, 0.25) is 0 Å². The summed E-state index contributed by atoms with van der Waals surface area (Å²) in [7, 11) is 0. The van der Waals surface area contributed by atoms with Gasteiger partial charge in [0.1, 0.15) is 17.8 Å². The first-order valence-corrected chi connectivity index (χ1v) is 12.7. The summed E-state index contributed by atoms with van der Waals surface area (Å²) in [6, 6.07) is 20.8. The second kappa shape index (κ2) is 11.2. The van der Waals surface area contributed by atoms with Gasteiger partial charge in [0.05, 0.1) is 16.8 Å². The molecule has 0 aliphatic carbocycles. The van der Waals surface area contributed by atoms with E-state index in [1.54, 1.807) is 43.3 Å². The van der Waals surface area contributed by atoms with E-state index < -0.39 is 17.6 Å². The zero-order valence-corrected chi connectivity index (χ0v) is 21.8. The number of benzene rings is 4. The van der Waals surface area contributed by atoms with Gasteiger partial charge in [0, 0.05) is 37.3 Å². The molecule has 202 valence electrons. The minimum atomic E-state index is -1.10. The van der Waals surface area contributed by atoms with Gasteiger partial charge in [-0.3, -0.25) is 9.89 Å². The number of anilines is 2. The van der Waals surface area contributed by atoms with Crippen LogP contribution in [0.25, 0.3) is 22.3 Å². The number of hydrogen-bond acceptors (Lipinski definition) is 5. The van der Waals surface area contributed by atoms with Crippen molar-refractivity contribution in [3.63, 3.8) is 0 Å². The fourth-order valence-electron chi connectivity index (χ4n) is 4.92. The van der Waals surface area contributed by atoms with Crippen molar-refractivity contribution in [3.05, 3.63) is 101 Å². The zero-order valence-electron chi connectivity index (χ0n) is 21.8. The lowest BCUT2D eigenvalue weighted by atomic mass is 9.97. The van der Waals surface area contributed by atoms with Gasteiger partial charge in [-0.15, -0.1) is 0 Å². The summed E-state index contributed by atoms with van der Waals surface area (Å²) in [4.78, 5) is 28.3. The van der Waals surface area contributed by atoms with E-state index in [1.807, 2.05) is 24.3 Å². The van der Waals surface area contributed by atoms with Gasteiger partial charge in [0.15, 0.2) is 5.82 Å². The van der Waals surface area contributed by atoms with Crippen LogP contribution in [0.3, 0.4) is 0 Å². The van der Waals surface area contributed by atoms with E-state index >= 15 is 8.78 Å². The molecule has 0 unspecified atom stereocenters. The number of aryl methyl sites for hydroxylation is 1. The van der Waals surface area contributed by atoms with Crippen molar-refractivity contribution in [3.8, 4) is 22.3 Å². The van der Waals surface area contributed by atoms with Crippen LogP contribution in [-0.2, 0) is 11.3 Å². The number of carboxylic acid groups (broad SMARTS) is 1. The van der Waals surface area contributed by atoms with Gasteiger partial charge < -0.3 is 15.2 Å². The van der Waals surface area contributed by atoms with E-state index in [1.165, 1.54) is 6.07 Å². The van der Waals surface area contributed by atoms with Crippen molar-refractivity contribution in [2.75, 3.05) is 18.4 Å². The molecule has 0 atom stereocenters. The molecule has 0 amide bonds. The van der Waals surface area contributed by atoms with Gasteiger partial charge in [-0.2, -0.15) is 0 Å². The third kappa shape index (κ3) is 5.39. The Balaban J connectivity index is 1.37. The molecule has 1 saturated heterocycles. The maximum absolute atomic E-state index is 15.6. The minimum absolute atomic E-state index is 0.0329. The Morgan fingerprint density at radius 3 is 2.25 bits per heavy atom. The summed E-state index contributed by atoms with van der Waals surface area (Å²) in [5.41, 5.74) is 3.99. The molecule has 1 fully saturated rings. The minimum Gasteiger partial charge on any atom is -0.478 e. The summed E-state index contributed by atoms with van der Waals surface area (Å²) < 4.78 is 30.9. The highest BCUT2D eigenvalue weighted by atomic mass is 19.1. The predicted octanol–water partition coefficient (Wildman–Crippen LogP) is 7.01. The number of aliphatic imine (C=N–C) groups is 1. The van der Waals surface area contributed by atoms with E-state index in [0.717, 1.165) is 48.7 Å². The van der Waals surface area contributed by atoms with Gasteiger partial charge in [-0.05, 0) is 53.6 Å². The Kier molecular flexibility index (Phi) is 7.53. The van der Waals surface area contributed by atoms with E-state index in [4.69, 9.17) is 0 Å². The Morgan fingerprint density at radius 1 is 1.02 bits per heavy atom. The van der Waals surface area contributed by atoms with Crippen molar-refractivity contribution in [1.29, 1.82) is 0 Å². The zero-order chi connectivity index (χ0) is 28.4. The molecule has 5 rings (SSSR count). The number of nitrogens with zero attached hydrogens (tertiary/aromatic N) is 2. The Labute approximate surface area is 230 Å². The van der Waals surface area contributed by atoms with Crippen molar-refractivity contribution in [2.24, 2.45) is 10.9 Å². The van der Waals surface area contributed by atoms with Crippen molar-refractivity contribution in [2.45, 2.75) is 13.5 Å². The third-order valence-electron chi connectivity index (χ3n) is 7.14. The highest BCUT2D eigenvalue weighted by molar-refractivity contribution is 5.91. The molecule has 0 aromatic heterocycles. The topological polar surface area (TPSA) is 82.0 Å². The van der Waals surface area contributed by atoms with Crippen molar-refractivity contribution < 1.29 is 23.5 Å². The highest BCUT2D eigenvalue weighted by Gasteiger charge is 2.25. The lowest BCUT2D eigenvalue weighted by Gasteiger charge is -2.36. The molecule has 6 nitrogen and oxygen atoms in total. The Bertz CT molecular complexity index is 1600. The first kappa shape index (κ1) is 26.9. The van der Waals surface area contributed by atoms with Crippen LogP contribution in [0.15, 0.2) is 77.8 Å². The SMILES string of the molecule is C=Nc1c(Nc2ccc(C)c(C(=O)O)c2)cc(F)c(-c2ccc(-c3ccc(CN4CC(C=O)C4)cc3)cc2)c1F. The third-order valence-corrected chi connectivity index (χ3v) is 7.14. The quantitative estimate of drug-likeness (QED) is 0.177. The van der Waals surface area contributed by atoms with Crippen LogP contribution < -0.4 is 5.32 Å². The summed E-state index contributed by atoms with van der Waals surface area (Å²) in [6.07, 6.45) is 1.00. The number of carbonyl (C=O) groups is 2. The van der Waals surface area contributed by atoms with E-state index in [9.17, 15) is 14.7 Å².